The second-order valence-corrected chi connectivity index (χ2v) is 6.24. The van der Waals surface area contributed by atoms with E-state index in [0.717, 1.165) is 13.1 Å². The van der Waals surface area contributed by atoms with Crippen LogP contribution in [0.1, 0.15) is 32.8 Å². The Labute approximate surface area is 126 Å². The number of nitrogens with one attached hydrogen (secondary N) is 1. The van der Waals surface area contributed by atoms with E-state index in [0.29, 0.717) is 30.5 Å². The summed E-state index contributed by atoms with van der Waals surface area (Å²) >= 11 is 0. The number of nitrogens with zero attached hydrogens (tertiary/aromatic N) is 1. The number of carbonyl (C=O) groups excluding carboxylic acids is 1. The highest BCUT2D eigenvalue weighted by Crippen LogP contribution is 2.16. The molecular weight excluding hydrogens is 267 g/mol. The van der Waals surface area contributed by atoms with Crippen molar-refractivity contribution in [3.05, 3.63) is 35.6 Å². The fourth-order valence-electron chi connectivity index (χ4n) is 3.02. The molecule has 1 amide bonds. The van der Waals surface area contributed by atoms with Gasteiger partial charge in [-0.25, -0.2) is 4.39 Å². The smallest absolute Gasteiger partial charge is 0.225 e. The highest BCUT2D eigenvalue weighted by Gasteiger charge is 2.27. The van der Waals surface area contributed by atoms with Crippen molar-refractivity contribution in [1.29, 1.82) is 0 Å². The Morgan fingerprint density at radius 2 is 1.95 bits per heavy atom. The van der Waals surface area contributed by atoms with Crippen molar-refractivity contribution in [1.82, 2.24) is 10.2 Å². The molecule has 1 heterocycles. The lowest BCUT2D eigenvalue weighted by atomic mass is 9.98. The topological polar surface area (TPSA) is 32.3 Å². The summed E-state index contributed by atoms with van der Waals surface area (Å²) in [5, 5.41) is 3.42. The van der Waals surface area contributed by atoms with Crippen LogP contribution >= 0.6 is 0 Å². The summed E-state index contributed by atoms with van der Waals surface area (Å²) in [6, 6.07) is 7.46. The highest BCUT2D eigenvalue weighted by molar-refractivity contribution is 5.78. The quantitative estimate of drug-likeness (QED) is 0.925. The average molecular weight is 292 g/mol. The summed E-state index contributed by atoms with van der Waals surface area (Å²) in [5.41, 5.74) is 0.694. The number of hydrogen-bond donors (Lipinski definition) is 1. The molecule has 1 aromatic carbocycles. The van der Waals surface area contributed by atoms with Gasteiger partial charge in [-0.1, -0.05) is 25.1 Å². The summed E-state index contributed by atoms with van der Waals surface area (Å²) in [5.74, 6) is -0.0600. The molecule has 4 heteroatoms. The molecule has 0 unspecified atom stereocenters. The largest absolute Gasteiger partial charge is 0.339 e. The molecule has 0 radical (unpaired) electrons. The number of hydrogen-bond acceptors (Lipinski definition) is 2. The van der Waals surface area contributed by atoms with Gasteiger partial charge >= 0.3 is 0 Å². The van der Waals surface area contributed by atoms with Gasteiger partial charge in [-0.3, -0.25) is 4.79 Å². The first kappa shape index (κ1) is 16.0. The van der Waals surface area contributed by atoms with Gasteiger partial charge in [0.2, 0.25) is 5.91 Å². The van der Waals surface area contributed by atoms with Crippen molar-refractivity contribution in [2.45, 2.75) is 45.7 Å². The van der Waals surface area contributed by atoms with E-state index in [1.54, 1.807) is 12.1 Å². The van der Waals surface area contributed by atoms with Crippen LogP contribution in [0, 0.1) is 11.7 Å². The van der Waals surface area contributed by atoms with Crippen molar-refractivity contribution in [2.75, 3.05) is 13.1 Å². The van der Waals surface area contributed by atoms with Crippen LogP contribution in [0.2, 0.25) is 0 Å². The zero-order valence-electron chi connectivity index (χ0n) is 13.1. The summed E-state index contributed by atoms with van der Waals surface area (Å²) in [6.45, 7) is 7.65. The van der Waals surface area contributed by atoms with E-state index in [2.05, 4.69) is 19.2 Å². The van der Waals surface area contributed by atoms with E-state index >= 15 is 0 Å². The lowest BCUT2D eigenvalue weighted by Gasteiger charge is -2.37. The second-order valence-electron chi connectivity index (χ2n) is 6.24. The molecule has 1 aliphatic heterocycles. The number of rotatable bonds is 4. The molecule has 1 fully saturated rings. The van der Waals surface area contributed by atoms with Gasteiger partial charge in [-0.2, -0.15) is 0 Å². The first-order valence-corrected chi connectivity index (χ1v) is 7.75. The number of carbonyl (C=O) groups is 1. The van der Waals surface area contributed by atoms with Crippen LogP contribution in [0.3, 0.4) is 0 Å². The lowest BCUT2D eigenvalue weighted by molar-refractivity contribution is -0.137. The maximum Gasteiger partial charge on any atom is 0.225 e. The summed E-state index contributed by atoms with van der Waals surface area (Å²) in [4.78, 5) is 14.4. The molecule has 1 aromatic rings. The van der Waals surface area contributed by atoms with Gasteiger partial charge in [0.15, 0.2) is 0 Å². The third-order valence-electron chi connectivity index (χ3n) is 4.10. The Kier molecular flexibility index (Phi) is 5.34. The minimum Gasteiger partial charge on any atom is -0.339 e. The van der Waals surface area contributed by atoms with Gasteiger partial charge in [0.05, 0.1) is 0 Å². The number of aryl methyl sites for hydroxylation is 1. The van der Waals surface area contributed by atoms with Crippen molar-refractivity contribution >= 4 is 5.91 Å². The molecule has 0 aliphatic carbocycles. The fourth-order valence-corrected chi connectivity index (χ4v) is 3.02. The Morgan fingerprint density at radius 1 is 1.33 bits per heavy atom. The molecule has 0 bridgehead atoms. The Balaban J connectivity index is 1.89. The standard InChI is InChI=1S/C17H25FN2O/c1-12(8-9-15-6-4-5-7-16(15)18)17(21)20-10-13(2)19-14(3)11-20/h4-7,12-14,19H,8-11H2,1-3H3/t12-,13-,14-/m1/s1. The predicted octanol–water partition coefficient (Wildman–Crippen LogP) is 2.60. The number of piperazine rings is 1. The number of amides is 1. The van der Waals surface area contributed by atoms with Crippen LogP contribution < -0.4 is 5.32 Å². The van der Waals surface area contributed by atoms with Crippen molar-refractivity contribution in [3.63, 3.8) is 0 Å². The molecule has 1 N–H and O–H groups in total. The predicted molar refractivity (Wildman–Crippen MR) is 82.5 cm³/mol. The summed E-state index contributed by atoms with van der Waals surface area (Å²) < 4.78 is 13.6. The van der Waals surface area contributed by atoms with E-state index in [1.165, 1.54) is 6.07 Å². The van der Waals surface area contributed by atoms with Gasteiger partial charge in [0.25, 0.3) is 0 Å². The molecule has 0 saturated carbocycles. The van der Waals surface area contributed by atoms with Crippen LogP contribution in [0.25, 0.3) is 0 Å². The SMILES string of the molecule is C[C@@H]1CN(C(=O)[C@H](C)CCc2ccccc2F)C[C@@H](C)N1. The van der Waals surface area contributed by atoms with E-state index in [-0.39, 0.29) is 17.6 Å². The molecular formula is C17H25FN2O. The molecule has 0 spiro atoms. The van der Waals surface area contributed by atoms with Gasteiger partial charge in [0, 0.05) is 31.1 Å². The minimum absolute atomic E-state index is 0.0675. The van der Waals surface area contributed by atoms with Crippen molar-refractivity contribution in [2.24, 2.45) is 5.92 Å². The summed E-state index contributed by atoms with van der Waals surface area (Å²) in [6.07, 6.45) is 1.29. The Hall–Kier alpha value is -1.42. The maximum atomic E-state index is 13.6. The van der Waals surface area contributed by atoms with E-state index in [4.69, 9.17) is 0 Å². The zero-order valence-corrected chi connectivity index (χ0v) is 13.1. The highest BCUT2D eigenvalue weighted by atomic mass is 19.1. The monoisotopic (exact) mass is 292 g/mol. The molecule has 0 aromatic heterocycles. The first-order valence-electron chi connectivity index (χ1n) is 7.75. The maximum absolute atomic E-state index is 13.6. The van der Waals surface area contributed by atoms with E-state index in [1.807, 2.05) is 17.9 Å². The summed E-state index contributed by atoms with van der Waals surface area (Å²) in [7, 11) is 0. The Bertz CT molecular complexity index is 481. The van der Waals surface area contributed by atoms with Gasteiger partial charge in [0.1, 0.15) is 5.82 Å². The fraction of sp³-hybridized carbons (Fsp3) is 0.588. The van der Waals surface area contributed by atoms with E-state index in [9.17, 15) is 9.18 Å². The molecule has 21 heavy (non-hydrogen) atoms. The Morgan fingerprint density at radius 3 is 2.57 bits per heavy atom. The van der Waals surface area contributed by atoms with Crippen LogP contribution in [0.15, 0.2) is 24.3 Å². The van der Waals surface area contributed by atoms with Crippen LogP contribution in [-0.2, 0) is 11.2 Å². The van der Waals surface area contributed by atoms with Gasteiger partial charge < -0.3 is 10.2 Å². The molecule has 3 atom stereocenters. The van der Waals surface area contributed by atoms with Crippen molar-refractivity contribution < 1.29 is 9.18 Å². The molecule has 2 rings (SSSR count). The van der Waals surface area contributed by atoms with Gasteiger partial charge in [-0.15, -0.1) is 0 Å². The number of benzene rings is 1. The molecule has 1 aliphatic rings. The third kappa shape index (κ3) is 4.27. The lowest BCUT2D eigenvalue weighted by Crippen LogP contribution is -2.56. The molecule has 3 nitrogen and oxygen atoms in total. The van der Waals surface area contributed by atoms with Crippen LogP contribution in [0.5, 0.6) is 0 Å². The molecule has 116 valence electrons. The third-order valence-corrected chi connectivity index (χ3v) is 4.10. The normalized spacial score (nSPS) is 23.9. The minimum atomic E-state index is -0.179. The van der Waals surface area contributed by atoms with Crippen LogP contribution in [0.4, 0.5) is 4.39 Å². The van der Waals surface area contributed by atoms with Crippen LogP contribution in [-0.4, -0.2) is 36.0 Å². The number of halogens is 1. The zero-order chi connectivity index (χ0) is 15.4. The van der Waals surface area contributed by atoms with E-state index < -0.39 is 0 Å². The molecule has 1 saturated heterocycles. The average Bonchev–Trinajstić information content (AvgIpc) is 2.44. The second kappa shape index (κ2) is 7.03. The van der Waals surface area contributed by atoms with Crippen molar-refractivity contribution in [3.8, 4) is 0 Å². The van der Waals surface area contributed by atoms with Gasteiger partial charge in [-0.05, 0) is 38.3 Å². The first-order chi connectivity index (χ1) is 9.97.